The molecule has 2 atom stereocenters. The number of carbonyl (C=O) groups excluding carboxylic acids is 1. The van der Waals surface area contributed by atoms with Crippen LogP contribution < -0.4 is 0 Å². The first kappa shape index (κ1) is 16.3. The normalized spacial score (nSPS) is 25.6. The average molecular weight is 297 g/mol. The van der Waals surface area contributed by atoms with Gasteiger partial charge in [0.15, 0.2) is 0 Å². The number of nitrogens with zero attached hydrogens (tertiary/aromatic N) is 1. The summed E-state index contributed by atoms with van der Waals surface area (Å²) >= 11 is 0. The quantitative estimate of drug-likeness (QED) is 0.844. The molecule has 21 heavy (non-hydrogen) atoms. The Morgan fingerprint density at radius 2 is 2.00 bits per heavy atom. The van der Waals surface area contributed by atoms with Gasteiger partial charge in [0.2, 0.25) is 5.91 Å². The number of aliphatic carboxylic acids is 1. The zero-order chi connectivity index (χ0) is 15.2. The molecule has 2 rings (SSSR count). The number of likely N-dealkylation sites (tertiary alicyclic amines) is 1. The molecule has 5 nitrogen and oxygen atoms in total. The van der Waals surface area contributed by atoms with Gasteiger partial charge in [0, 0.05) is 38.6 Å². The third kappa shape index (κ3) is 4.70. The number of hydrogen-bond donors (Lipinski definition) is 1. The number of ether oxygens (including phenoxy) is 1. The van der Waals surface area contributed by atoms with Gasteiger partial charge in [-0.2, -0.15) is 0 Å². The van der Waals surface area contributed by atoms with Crippen molar-refractivity contribution in [2.75, 3.05) is 26.3 Å². The maximum Gasteiger partial charge on any atom is 0.303 e. The lowest BCUT2D eigenvalue weighted by molar-refractivity contribution is -0.140. The summed E-state index contributed by atoms with van der Waals surface area (Å²) in [6.07, 6.45) is 4.89. The molecular weight excluding hydrogens is 270 g/mol. The Balaban J connectivity index is 1.84. The summed E-state index contributed by atoms with van der Waals surface area (Å²) in [7, 11) is 0. The Bertz CT molecular complexity index is 365. The molecule has 2 aliphatic heterocycles. The summed E-state index contributed by atoms with van der Waals surface area (Å²) in [6, 6.07) is 0. The van der Waals surface area contributed by atoms with Crippen LogP contribution in [0.4, 0.5) is 0 Å². The van der Waals surface area contributed by atoms with E-state index in [1.165, 1.54) is 0 Å². The molecule has 0 saturated carbocycles. The zero-order valence-electron chi connectivity index (χ0n) is 12.9. The Kier molecular flexibility index (Phi) is 6.03. The largest absolute Gasteiger partial charge is 0.481 e. The molecule has 0 bridgehead atoms. The smallest absolute Gasteiger partial charge is 0.303 e. The third-order valence-corrected chi connectivity index (χ3v) is 4.96. The highest BCUT2D eigenvalue weighted by Crippen LogP contribution is 2.28. The monoisotopic (exact) mass is 297 g/mol. The Morgan fingerprint density at radius 1 is 1.29 bits per heavy atom. The first-order chi connectivity index (χ1) is 10.1. The molecule has 0 aromatic heterocycles. The molecule has 2 heterocycles. The molecule has 0 aliphatic carbocycles. The summed E-state index contributed by atoms with van der Waals surface area (Å²) in [5.41, 5.74) is 0. The molecule has 0 unspecified atom stereocenters. The van der Waals surface area contributed by atoms with E-state index >= 15 is 0 Å². The lowest BCUT2D eigenvalue weighted by Gasteiger charge is -2.36. The van der Waals surface area contributed by atoms with Crippen molar-refractivity contribution in [1.82, 2.24) is 4.90 Å². The predicted molar refractivity (Wildman–Crippen MR) is 78.9 cm³/mol. The van der Waals surface area contributed by atoms with Crippen LogP contribution in [0.2, 0.25) is 0 Å². The van der Waals surface area contributed by atoms with E-state index in [1.807, 2.05) is 11.8 Å². The fraction of sp³-hybridized carbons (Fsp3) is 0.875. The number of rotatable bonds is 5. The number of hydrogen-bond acceptors (Lipinski definition) is 3. The van der Waals surface area contributed by atoms with Gasteiger partial charge in [0.1, 0.15) is 0 Å². The zero-order valence-corrected chi connectivity index (χ0v) is 12.9. The van der Waals surface area contributed by atoms with Crippen molar-refractivity contribution in [2.24, 2.45) is 17.8 Å². The Morgan fingerprint density at radius 3 is 2.67 bits per heavy atom. The molecule has 0 aromatic rings. The maximum atomic E-state index is 12.6. The minimum Gasteiger partial charge on any atom is -0.481 e. The standard InChI is InChI=1S/C16H27NO4/c1-12(14-6-9-21-10-7-14)16(20)17-8-2-3-13(11-17)4-5-15(18)19/h12-14H,2-11H2,1H3,(H,18,19)/t12-,13+/m1/s1. The molecule has 0 aromatic carbocycles. The van der Waals surface area contributed by atoms with Gasteiger partial charge in [-0.3, -0.25) is 9.59 Å². The van der Waals surface area contributed by atoms with Crippen LogP contribution in [-0.4, -0.2) is 48.2 Å². The second-order valence-electron chi connectivity index (χ2n) is 6.46. The van der Waals surface area contributed by atoms with Crippen LogP contribution in [0.15, 0.2) is 0 Å². The number of carbonyl (C=O) groups is 2. The fourth-order valence-corrected chi connectivity index (χ4v) is 3.53. The molecule has 2 saturated heterocycles. The van der Waals surface area contributed by atoms with Gasteiger partial charge in [-0.25, -0.2) is 0 Å². The van der Waals surface area contributed by atoms with E-state index in [2.05, 4.69) is 0 Å². The maximum absolute atomic E-state index is 12.6. The van der Waals surface area contributed by atoms with Crippen molar-refractivity contribution in [3.8, 4) is 0 Å². The summed E-state index contributed by atoms with van der Waals surface area (Å²) in [4.78, 5) is 25.3. The van der Waals surface area contributed by atoms with Gasteiger partial charge in [0.05, 0.1) is 0 Å². The highest BCUT2D eigenvalue weighted by Gasteiger charge is 2.31. The summed E-state index contributed by atoms with van der Waals surface area (Å²) < 4.78 is 5.37. The molecular formula is C16H27NO4. The third-order valence-electron chi connectivity index (χ3n) is 4.96. The lowest BCUT2D eigenvalue weighted by Crippen LogP contribution is -2.44. The van der Waals surface area contributed by atoms with E-state index in [1.54, 1.807) is 0 Å². The van der Waals surface area contributed by atoms with Gasteiger partial charge < -0.3 is 14.7 Å². The number of carboxylic acid groups (broad SMARTS) is 1. The van der Waals surface area contributed by atoms with Gasteiger partial charge >= 0.3 is 5.97 Å². The average Bonchev–Trinajstić information content (AvgIpc) is 2.52. The topological polar surface area (TPSA) is 66.8 Å². The van der Waals surface area contributed by atoms with Crippen molar-refractivity contribution in [2.45, 2.75) is 45.4 Å². The van der Waals surface area contributed by atoms with E-state index < -0.39 is 5.97 Å². The molecule has 0 radical (unpaired) electrons. The van der Waals surface area contributed by atoms with Crippen LogP contribution in [0.1, 0.15) is 45.4 Å². The van der Waals surface area contributed by atoms with Crippen LogP contribution in [0.3, 0.4) is 0 Å². The first-order valence-corrected chi connectivity index (χ1v) is 8.16. The fourth-order valence-electron chi connectivity index (χ4n) is 3.53. The molecule has 5 heteroatoms. The second-order valence-corrected chi connectivity index (χ2v) is 6.46. The summed E-state index contributed by atoms with van der Waals surface area (Å²) in [5, 5.41) is 8.79. The molecule has 0 spiro atoms. The van der Waals surface area contributed by atoms with Crippen molar-refractivity contribution < 1.29 is 19.4 Å². The predicted octanol–water partition coefficient (Wildman–Crippen LogP) is 2.15. The van der Waals surface area contributed by atoms with Crippen LogP contribution in [0.25, 0.3) is 0 Å². The van der Waals surface area contributed by atoms with Gasteiger partial charge in [-0.05, 0) is 43.9 Å². The van der Waals surface area contributed by atoms with Crippen molar-refractivity contribution in [3.05, 3.63) is 0 Å². The molecule has 1 amide bonds. The summed E-state index contributed by atoms with van der Waals surface area (Å²) in [5.74, 6) is 0.356. The van der Waals surface area contributed by atoms with Crippen LogP contribution in [0.5, 0.6) is 0 Å². The number of amides is 1. The minimum absolute atomic E-state index is 0.0622. The van der Waals surface area contributed by atoms with E-state index in [0.717, 1.165) is 52.0 Å². The Hall–Kier alpha value is -1.10. The van der Waals surface area contributed by atoms with Gasteiger partial charge in [0.25, 0.3) is 0 Å². The van der Waals surface area contributed by atoms with Crippen molar-refractivity contribution >= 4 is 11.9 Å². The SMILES string of the molecule is C[C@@H](C(=O)N1CCC[C@@H](CCC(=O)O)C1)C1CCOCC1. The molecule has 120 valence electrons. The summed E-state index contributed by atoms with van der Waals surface area (Å²) in [6.45, 7) is 5.14. The molecule has 2 aliphatic rings. The van der Waals surface area contributed by atoms with Gasteiger partial charge in [-0.1, -0.05) is 6.92 Å². The van der Waals surface area contributed by atoms with Crippen molar-refractivity contribution in [1.29, 1.82) is 0 Å². The van der Waals surface area contributed by atoms with Gasteiger partial charge in [-0.15, -0.1) is 0 Å². The molecule has 1 N–H and O–H groups in total. The van der Waals surface area contributed by atoms with Crippen molar-refractivity contribution in [3.63, 3.8) is 0 Å². The first-order valence-electron chi connectivity index (χ1n) is 8.16. The van der Waals surface area contributed by atoms with Crippen LogP contribution in [-0.2, 0) is 14.3 Å². The number of carboxylic acids is 1. The van der Waals surface area contributed by atoms with Crippen LogP contribution >= 0.6 is 0 Å². The van der Waals surface area contributed by atoms with E-state index in [0.29, 0.717) is 18.3 Å². The highest BCUT2D eigenvalue weighted by atomic mass is 16.5. The van der Waals surface area contributed by atoms with Crippen LogP contribution in [0, 0.1) is 17.8 Å². The second kappa shape index (κ2) is 7.78. The minimum atomic E-state index is -0.742. The lowest BCUT2D eigenvalue weighted by atomic mass is 9.85. The highest BCUT2D eigenvalue weighted by molar-refractivity contribution is 5.79. The number of piperidine rings is 1. The van der Waals surface area contributed by atoms with E-state index in [9.17, 15) is 9.59 Å². The van der Waals surface area contributed by atoms with E-state index in [-0.39, 0.29) is 18.2 Å². The Labute approximate surface area is 126 Å². The molecule has 2 fully saturated rings. The van der Waals surface area contributed by atoms with E-state index in [4.69, 9.17) is 9.84 Å².